The highest BCUT2D eigenvalue weighted by atomic mass is 32.2. The molecule has 0 radical (unpaired) electrons. The summed E-state index contributed by atoms with van der Waals surface area (Å²) in [5, 5.41) is 10.5. The molecule has 104 valence electrons. The molecule has 1 aromatic rings. The maximum Gasteiger partial charge on any atom is 0.250 e. The summed E-state index contributed by atoms with van der Waals surface area (Å²) in [5.74, 6) is 3.70. The SMILES string of the molecule is CCNc1nc(NCC)nc(N/N=C2\CCSC2)n1. The Hall–Kier alpha value is -1.57. The first-order valence-corrected chi connectivity index (χ1v) is 7.60. The molecule has 1 aliphatic heterocycles. The van der Waals surface area contributed by atoms with Gasteiger partial charge in [0.25, 0.3) is 0 Å². The molecule has 2 rings (SSSR count). The largest absolute Gasteiger partial charge is 0.354 e. The van der Waals surface area contributed by atoms with Crippen LogP contribution in [0.15, 0.2) is 5.10 Å². The van der Waals surface area contributed by atoms with E-state index in [1.165, 1.54) is 0 Å². The van der Waals surface area contributed by atoms with Crippen LogP contribution in [0.1, 0.15) is 20.3 Å². The number of hydrogen-bond donors (Lipinski definition) is 3. The number of nitrogens with zero attached hydrogens (tertiary/aromatic N) is 4. The quantitative estimate of drug-likeness (QED) is 0.683. The Labute approximate surface area is 117 Å². The smallest absolute Gasteiger partial charge is 0.250 e. The van der Waals surface area contributed by atoms with Crippen molar-refractivity contribution in [3.05, 3.63) is 0 Å². The Morgan fingerprint density at radius 3 is 2.21 bits per heavy atom. The second-order valence-electron chi connectivity index (χ2n) is 3.96. The second-order valence-corrected chi connectivity index (χ2v) is 5.06. The summed E-state index contributed by atoms with van der Waals surface area (Å²) in [7, 11) is 0. The van der Waals surface area contributed by atoms with Gasteiger partial charge in [-0.15, -0.1) is 0 Å². The van der Waals surface area contributed by atoms with E-state index in [0.717, 1.165) is 36.7 Å². The highest BCUT2D eigenvalue weighted by Crippen LogP contribution is 2.15. The molecule has 0 atom stereocenters. The van der Waals surface area contributed by atoms with Crippen LogP contribution in [0.4, 0.5) is 17.8 Å². The Morgan fingerprint density at radius 1 is 1.05 bits per heavy atom. The third kappa shape index (κ3) is 4.23. The maximum absolute atomic E-state index is 4.33. The minimum Gasteiger partial charge on any atom is -0.354 e. The number of hydrogen-bond acceptors (Lipinski definition) is 8. The molecule has 0 bridgehead atoms. The van der Waals surface area contributed by atoms with Crippen molar-refractivity contribution in [2.75, 3.05) is 40.7 Å². The monoisotopic (exact) mass is 281 g/mol. The summed E-state index contributed by atoms with van der Waals surface area (Å²) in [6.45, 7) is 5.53. The Morgan fingerprint density at radius 2 is 1.68 bits per heavy atom. The maximum atomic E-state index is 4.33. The fraction of sp³-hybridized carbons (Fsp3) is 0.636. The first kappa shape index (κ1) is 13.9. The molecule has 3 N–H and O–H groups in total. The molecule has 1 aliphatic rings. The third-order valence-electron chi connectivity index (χ3n) is 2.42. The molecule has 2 heterocycles. The third-order valence-corrected chi connectivity index (χ3v) is 3.45. The van der Waals surface area contributed by atoms with Crippen LogP contribution >= 0.6 is 11.8 Å². The molecule has 0 aromatic carbocycles. The van der Waals surface area contributed by atoms with Crippen molar-refractivity contribution in [1.82, 2.24) is 15.0 Å². The zero-order valence-electron chi connectivity index (χ0n) is 11.2. The molecule has 0 aliphatic carbocycles. The molecule has 0 amide bonds. The summed E-state index contributed by atoms with van der Waals surface area (Å²) in [6, 6.07) is 0. The van der Waals surface area contributed by atoms with E-state index in [1.807, 2.05) is 25.6 Å². The predicted octanol–water partition coefficient (Wildman–Crippen LogP) is 1.64. The molecule has 8 heteroatoms. The number of anilines is 3. The fourth-order valence-electron chi connectivity index (χ4n) is 1.57. The van der Waals surface area contributed by atoms with Crippen LogP contribution in [0.5, 0.6) is 0 Å². The minimum atomic E-state index is 0.464. The van der Waals surface area contributed by atoms with E-state index in [1.54, 1.807) is 0 Å². The standard InChI is InChI=1S/C11H19N7S/c1-3-12-9-14-10(13-4-2)16-11(15-9)18-17-8-5-6-19-7-8/h3-7H2,1-2H3,(H3,12,13,14,15,16,18)/b17-8+. The van der Waals surface area contributed by atoms with Crippen LogP contribution in [0, 0.1) is 0 Å². The molecule has 0 spiro atoms. The molecule has 7 nitrogen and oxygen atoms in total. The predicted molar refractivity (Wildman–Crippen MR) is 81.2 cm³/mol. The van der Waals surface area contributed by atoms with Gasteiger partial charge in [-0.3, -0.25) is 0 Å². The van der Waals surface area contributed by atoms with Gasteiger partial charge in [0, 0.05) is 24.6 Å². The molecule has 1 aromatic heterocycles. The van der Waals surface area contributed by atoms with E-state index >= 15 is 0 Å². The summed E-state index contributed by atoms with van der Waals surface area (Å²) < 4.78 is 0. The lowest BCUT2D eigenvalue weighted by Crippen LogP contribution is -2.11. The fourth-order valence-corrected chi connectivity index (χ4v) is 2.54. The topological polar surface area (TPSA) is 87.1 Å². The minimum absolute atomic E-state index is 0.464. The molecule has 1 saturated heterocycles. The Bertz CT molecular complexity index is 416. The van der Waals surface area contributed by atoms with Crippen LogP contribution in [0.3, 0.4) is 0 Å². The van der Waals surface area contributed by atoms with Gasteiger partial charge in [0.15, 0.2) is 0 Å². The van der Waals surface area contributed by atoms with Gasteiger partial charge in [-0.1, -0.05) is 0 Å². The van der Waals surface area contributed by atoms with Gasteiger partial charge in [-0.2, -0.15) is 31.8 Å². The second kappa shape index (κ2) is 7.13. The number of thioether (sulfide) groups is 1. The van der Waals surface area contributed by atoms with Gasteiger partial charge in [0.1, 0.15) is 0 Å². The van der Waals surface area contributed by atoms with Crippen LogP contribution in [-0.2, 0) is 0 Å². The lowest BCUT2D eigenvalue weighted by atomic mass is 10.3. The number of hydrazone groups is 1. The lowest BCUT2D eigenvalue weighted by molar-refractivity contribution is 0.990. The van der Waals surface area contributed by atoms with E-state index in [0.29, 0.717) is 17.8 Å². The average molecular weight is 281 g/mol. The zero-order valence-corrected chi connectivity index (χ0v) is 12.0. The number of aromatic nitrogens is 3. The number of rotatable bonds is 6. The van der Waals surface area contributed by atoms with E-state index in [4.69, 9.17) is 0 Å². The van der Waals surface area contributed by atoms with Crippen LogP contribution in [0.2, 0.25) is 0 Å². The normalized spacial score (nSPS) is 16.6. The molecule has 0 saturated carbocycles. The summed E-state index contributed by atoms with van der Waals surface area (Å²) in [5.41, 5.74) is 4.07. The van der Waals surface area contributed by atoms with Gasteiger partial charge >= 0.3 is 0 Å². The summed E-state index contributed by atoms with van der Waals surface area (Å²) >= 11 is 1.89. The Kier molecular flexibility index (Phi) is 5.20. The zero-order chi connectivity index (χ0) is 13.5. The van der Waals surface area contributed by atoms with Crippen molar-refractivity contribution in [2.24, 2.45) is 5.10 Å². The Balaban J connectivity index is 2.10. The van der Waals surface area contributed by atoms with E-state index in [-0.39, 0.29) is 0 Å². The molecular weight excluding hydrogens is 262 g/mol. The molecule has 0 unspecified atom stereocenters. The van der Waals surface area contributed by atoms with Crippen LogP contribution in [0.25, 0.3) is 0 Å². The lowest BCUT2D eigenvalue weighted by Gasteiger charge is -2.07. The van der Waals surface area contributed by atoms with Crippen LogP contribution in [-0.4, -0.2) is 45.3 Å². The van der Waals surface area contributed by atoms with E-state index < -0.39 is 0 Å². The van der Waals surface area contributed by atoms with Gasteiger partial charge < -0.3 is 10.6 Å². The van der Waals surface area contributed by atoms with Crippen LogP contribution < -0.4 is 16.1 Å². The first-order valence-electron chi connectivity index (χ1n) is 6.44. The highest BCUT2D eigenvalue weighted by Gasteiger charge is 2.09. The molecule has 19 heavy (non-hydrogen) atoms. The van der Waals surface area contributed by atoms with Crippen molar-refractivity contribution < 1.29 is 0 Å². The molecule has 1 fully saturated rings. The molecular formula is C11H19N7S. The van der Waals surface area contributed by atoms with E-state index in [9.17, 15) is 0 Å². The first-order chi connectivity index (χ1) is 9.31. The van der Waals surface area contributed by atoms with Gasteiger partial charge in [0.2, 0.25) is 17.8 Å². The van der Waals surface area contributed by atoms with Crippen molar-refractivity contribution >= 4 is 35.3 Å². The van der Waals surface area contributed by atoms with Crippen molar-refractivity contribution in [3.63, 3.8) is 0 Å². The number of nitrogens with one attached hydrogen (secondary N) is 3. The average Bonchev–Trinajstić information content (AvgIpc) is 2.90. The summed E-state index contributed by atoms with van der Waals surface area (Å²) in [6.07, 6.45) is 1.03. The van der Waals surface area contributed by atoms with Gasteiger partial charge in [-0.25, -0.2) is 5.43 Å². The van der Waals surface area contributed by atoms with Crippen molar-refractivity contribution in [2.45, 2.75) is 20.3 Å². The summed E-state index contributed by atoms with van der Waals surface area (Å²) in [4.78, 5) is 12.8. The van der Waals surface area contributed by atoms with Gasteiger partial charge in [0.05, 0.1) is 0 Å². The van der Waals surface area contributed by atoms with Crippen molar-refractivity contribution in [1.29, 1.82) is 0 Å². The van der Waals surface area contributed by atoms with Crippen molar-refractivity contribution in [3.8, 4) is 0 Å². The van der Waals surface area contributed by atoms with E-state index in [2.05, 4.69) is 36.1 Å². The highest BCUT2D eigenvalue weighted by molar-refractivity contribution is 8.00. The van der Waals surface area contributed by atoms with Gasteiger partial charge in [-0.05, 0) is 26.0 Å².